The first-order valence-corrected chi connectivity index (χ1v) is 8.97. The second-order valence-corrected chi connectivity index (χ2v) is 8.35. The lowest BCUT2D eigenvalue weighted by atomic mass is 9.83. The number of ether oxygens (including phenoxy) is 1. The molecule has 2 fully saturated rings. The molecule has 2 rings (SSSR count). The van der Waals surface area contributed by atoms with Gasteiger partial charge in [-0.3, -0.25) is 4.90 Å². The minimum atomic E-state index is -0.0366. The van der Waals surface area contributed by atoms with Gasteiger partial charge in [-0.25, -0.2) is 0 Å². The number of nitrogens with one attached hydrogen (secondary N) is 1. The minimum absolute atomic E-state index is 0.0366. The van der Waals surface area contributed by atoms with Gasteiger partial charge in [0.15, 0.2) is 0 Å². The molecule has 3 nitrogen and oxygen atoms in total. The molecule has 1 N–H and O–H groups in total. The van der Waals surface area contributed by atoms with Crippen LogP contribution in [-0.2, 0) is 4.74 Å². The lowest BCUT2D eigenvalue weighted by molar-refractivity contribution is -0.181. The Morgan fingerprint density at radius 3 is 2.14 bits per heavy atom. The van der Waals surface area contributed by atoms with E-state index in [2.05, 4.69) is 44.8 Å². The Morgan fingerprint density at radius 1 is 1.05 bits per heavy atom. The summed E-state index contributed by atoms with van der Waals surface area (Å²) in [7, 11) is 0. The Morgan fingerprint density at radius 2 is 1.62 bits per heavy atom. The third-order valence-electron chi connectivity index (χ3n) is 4.90. The van der Waals surface area contributed by atoms with E-state index in [4.69, 9.17) is 4.74 Å². The predicted octanol–water partition coefficient (Wildman–Crippen LogP) is 3.43. The van der Waals surface area contributed by atoms with E-state index in [0.717, 1.165) is 25.6 Å². The predicted molar refractivity (Wildman–Crippen MR) is 89.7 cm³/mol. The van der Waals surface area contributed by atoms with Crippen LogP contribution in [0.4, 0.5) is 0 Å². The highest BCUT2D eigenvalue weighted by molar-refractivity contribution is 4.92. The molecule has 0 amide bonds. The van der Waals surface area contributed by atoms with Crippen molar-refractivity contribution in [1.29, 1.82) is 0 Å². The fraction of sp³-hybridized carbons (Fsp3) is 1.00. The highest BCUT2D eigenvalue weighted by Gasteiger charge is 2.39. The van der Waals surface area contributed by atoms with Crippen LogP contribution in [0.25, 0.3) is 0 Å². The zero-order valence-corrected chi connectivity index (χ0v) is 14.9. The smallest absolute Gasteiger partial charge is 0.0760 e. The van der Waals surface area contributed by atoms with E-state index in [-0.39, 0.29) is 11.2 Å². The summed E-state index contributed by atoms with van der Waals surface area (Å²) in [5, 5.41) is 3.77. The highest BCUT2D eigenvalue weighted by atomic mass is 16.5. The second-order valence-electron chi connectivity index (χ2n) is 8.35. The Kier molecular flexibility index (Phi) is 5.72. The maximum absolute atomic E-state index is 6.22. The average Bonchev–Trinajstić information content (AvgIpc) is 2.35. The summed E-state index contributed by atoms with van der Waals surface area (Å²) in [6.45, 7) is 15.5. The Balaban J connectivity index is 1.98. The molecule has 0 radical (unpaired) electrons. The van der Waals surface area contributed by atoms with E-state index in [1.54, 1.807) is 0 Å². The first kappa shape index (κ1) is 17.2. The van der Waals surface area contributed by atoms with Crippen LogP contribution >= 0.6 is 0 Å². The Labute approximate surface area is 131 Å². The summed E-state index contributed by atoms with van der Waals surface area (Å²) < 4.78 is 6.22. The molecule has 3 heteroatoms. The zero-order valence-electron chi connectivity index (χ0n) is 14.9. The Bertz CT molecular complexity index is 305. The van der Waals surface area contributed by atoms with Gasteiger partial charge in [0.25, 0.3) is 0 Å². The summed E-state index contributed by atoms with van der Waals surface area (Å²) in [6, 6.07) is 0.653. The van der Waals surface area contributed by atoms with Crippen LogP contribution in [0.2, 0.25) is 0 Å². The molecule has 1 saturated heterocycles. The molecule has 1 aliphatic heterocycles. The van der Waals surface area contributed by atoms with Crippen molar-refractivity contribution in [3.05, 3.63) is 0 Å². The second kappa shape index (κ2) is 6.97. The SMILES string of the molecule is CCNC(CN1CC(C)(C)OC(C)(C)C1)C1CCCCC1. The molecule has 21 heavy (non-hydrogen) atoms. The van der Waals surface area contributed by atoms with E-state index in [1.165, 1.54) is 38.6 Å². The van der Waals surface area contributed by atoms with E-state index in [1.807, 2.05) is 0 Å². The van der Waals surface area contributed by atoms with Crippen molar-refractivity contribution in [1.82, 2.24) is 10.2 Å². The quantitative estimate of drug-likeness (QED) is 0.841. The van der Waals surface area contributed by atoms with Gasteiger partial charge in [-0.1, -0.05) is 26.2 Å². The van der Waals surface area contributed by atoms with E-state index in [9.17, 15) is 0 Å². The number of nitrogens with zero attached hydrogens (tertiary/aromatic N) is 1. The van der Waals surface area contributed by atoms with Crippen LogP contribution < -0.4 is 5.32 Å². The minimum Gasteiger partial charge on any atom is -0.367 e. The maximum atomic E-state index is 6.22. The molecule has 1 aliphatic carbocycles. The molecule has 124 valence electrons. The third-order valence-corrected chi connectivity index (χ3v) is 4.90. The molecular formula is C18H36N2O. The molecule has 0 aromatic heterocycles. The summed E-state index contributed by atoms with van der Waals surface area (Å²) >= 11 is 0. The first-order valence-electron chi connectivity index (χ1n) is 8.97. The number of hydrogen-bond acceptors (Lipinski definition) is 3. The monoisotopic (exact) mass is 296 g/mol. The van der Waals surface area contributed by atoms with Gasteiger partial charge in [-0.05, 0) is 53.0 Å². The standard InChI is InChI=1S/C18H36N2O/c1-6-19-16(15-10-8-7-9-11-15)12-20-13-17(2,3)21-18(4,5)14-20/h15-16,19H,6-14H2,1-5H3. The number of morpholine rings is 1. The molecule has 1 saturated carbocycles. The van der Waals surface area contributed by atoms with Crippen molar-refractivity contribution < 1.29 is 4.74 Å². The van der Waals surface area contributed by atoms with Crippen LogP contribution in [0.3, 0.4) is 0 Å². The molecule has 2 aliphatic rings. The van der Waals surface area contributed by atoms with Crippen molar-refractivity contribution in [3.63, 3.8) is 0 Å². The largest absolute Gasteiger partial charge is 0.367 e. The van der Waals surface area contributed by atoms with Gasteiger partial charge in [-0.15, -0.1) is 0 Å². The number of hydrogen-bond donors (Lipinski definition) is 1. The topological polar surface area (TPSA) is 24.5 Å². The van der Waals surface area contributed by atoms with Crippen molar-refractivity contribution >= 4 is 0 Å². The molecule has 0 bridgehead atoms. The summed E-state index contributed by atoms with van der Waals surface area (Å²) in [5.74, 6) is 0.868. The van der Waals surface area contributed by atoms with E-state index < -0.39 is 0 Å². The van der Waals surface area contributed by atoms with Gasteiger partial charge in [0, 0.05) is 25.7 Å². The fourth-order valence-electron chi connectivity index (χ4n) is 4.53. The molecule has 1 heterocycles. The van der Waals surface area contributed by atoms with Gasteiger partial charge in [-0.2, -0.15) is 0 Å². The first-order chi connectivity index (χ1) is 9.81. The molecule has 0 aromatic carbocycles. The van der Waals surface area contributed by atoms with Gasteiger partial charge < -0.3 is 10.1 Å². The van der Waals surface area contributed by atoms with Crippen LogP contribution in [-0.4, -0.2) is 48.3 Å². The molecule has 0 aromatic rings. The van der Waals surface area contributed by atoms with Gasteiger partial charge >= 0.3 is 0 Å². The zero-order chi connectivity index (χ0) is 15.5. The van der Waals surface area contributed by atoms with Crippen LogP contribution in [0.5, 0.6) is 0 Å². The van der Waals surface area contributed by atoms with Gasteiger partial charge in [0.05, 0.1) is 11.2 Å². The Hall–Kier alpha value is -0.120. The molecular weight excluding hydrogens is 260 g/mol. The normalized spacial score (nSPS) is 28.4. The molecule has 1 unspecified atom stereocenters. The highest BCUT2D eigenvalue weighted by Crippen LogP contribution is 2.31. The van der Waals surface area contributed by atoms with Crippen LogP contribution in [0, 0.1) is 5.92 Å². The third kappa shape index (κ3) is 5.22. The van der Waals surface area contributed by atoms with Gasteiger partial charge in [0.1, 0.15) is 0 Å². The summed E-state index contributed by atoms with van der Waals surface area (Å²) in [5.41, 5.74) is -0.0733. The lowest BCUT2D eigenvalue weighted by Gasteiger charge is -2.48. The van der Waals surface area contributed by atoms with Crippen LogP contribution in [0.15, 0.2) is 0 Å². The number of rotatable bonds is 5. The summed E-state index contributed by atoms with van der Waals surface area (Å²) in [4.78, 5) is 2.63. The van der Waals surface area contributed by atoms with Crippen molar-refractivity contribution in [2.45, 2.75) is 84.0 Å². The van der Waals surface area contributed by atoms with Crippen molar-refractivity contribution in [2.24, 2.45) is 5.92 Å². The van der Waals surface area contributed by atoms with E-state index >= 15 is 0 Å². The number of likely N-dealkylation sites (N-methyl/N-ethyl adjacent to an activating group) is 1. The van der Waals surface area contributed by atoms with Crippen molar-refractivity contribution in [3.8, 4) is 0 Å². The average molecular weight is 296 g/mol. The van der Waals surface area contributed by atoms with Crippen molar-refractivity contribution in [2.75, 3.05) is 26.2 Å². The molecule has 1 atom stereocenters. The summed E-state index contributed by atoms with van der Waals surface area (Å²) in [6.07, 6.45) is 7.11. The molecule has 0 spiro atoms. The van der Waals surface area contributed by atoms with Gasteiger partial charge in [0.2, 0.25) is 0 Å². The fourth-order valence-corrected chi connectivity index (χ4v) is 4.53. The van der Waals surface area contributed by atoms with Crippen LogP contribution in [0.1, 0.15) is 66.7 Å². The lowest BCUT2D eigenvalue weighted by Crippen LogP contribution is -2.60. The van der Waals surface area contributed by atoms with E-state index in [0.29, 0.717) is 6.04 Å². The maximum Gasteiger partial charge on any atom is 0.0760 e.